The van der Waals surface area contributed by atoms with E-state index in [1.54, 1.807) is 31.5 Å². The number of nitrogens with one attached hydrogen (secondary N) is 1. The average molecular weight is 412 g/mol. The van der Waals surface area contributed by atoms with Gasteiger partial charge in [0, 0.05) is 23.0 Å². The molecule has 1 N–H and O–H groups in total. The van der Waals surface area contributed by atoms with Crippen LogP contribution in [0.4, 0.5) is 0 Å². The number of nitrogens with zero attached hydrogens (tertiary/aromatic N) is 2. The third-order valence-electron chi connectivity index (χ3n) is 4.13. The van der Waals surface area contributed by atoms with Crippen LogP contribution < -0.4 is 9.46 Å². The van der Waals surface area contributed by atoms with Gasteiger partial charge < -0.3 is 4.74 Å². The first kappa shape index (κ1) is 18.5. The number of rotatable bonds is 6. The van der Waals surface area contributed by atoms with Gasteiger partial charge in [-0.3, -0.25) is 4.98 Å². The number of ether oxygens (including phenoxy) is 1. The van der Waals surface area contributed by atoms with Gasteiger partial charge in [0.25, 0.3) is 0 Å². The van der Waals surface area contributed by atoms with Crippen molar-refractivity contribution in [3.05, 3.63) is 72.6 Å². The molecule has 0 aliphatic carbocycles. The zero-order valence-electron chi connectivity index (χ0n) is 15.0. The van der Waals surface area contributed by atoms with Gasteiger partial charge in [0.2, 0.25) is 10.0 Å². The normalized spacial score (nSPS) is 11.6. The van der Waals surface area contributed by atoms with Crippen molar-refractivity contribution in [1.82, 2.24) is 14.7 Å². The lowest BCUT2D eigenvalue weighted by atomic mass is 10.2. The molecule has 0 bridgehead atoms. The molecule has 4 aromatic rings. The van der Waals surface area contributed by atoms with E-state index in [-0.39, 0.29) is 10.8 Å². The van der Waals surface area contributed by atoms with Gasteiger partial charge in [0.15, 0.2) is 0 Å². The molecule has 28 heavy (non-hydrogen) atoms. The fraction of sp³-hybridized carbons (Fsp3) is 0.100. The molecule has 8 heteroatoms. The number of methoxy groups -OCH3 is 1. The van der Waals surface area contributed by atoms with Crippen LogP contribution in [-0.4, -0.2) is 25.5 Å². The maximum Gasteiger partial charge on any atom is 0.250 e. The van der Waals surface area contributed by atoms with Gasteiger partial charge in [-0.1, -0.05) is 24.3 Å². The van der Waals surface area contributed by atoms with Crippen molar-refractivity contribution < 1.29 is 13.2 Å². The van der Waals surface area contributed by atoms with Crippen molar-refractivity contribution in [3.8, 4) is 17.1 Å². The van der Waals surface area contributed by atoms with E-state index in [0.717, 1.165) is 10.1 Å². The van der Waals surface area contributed by atoms with Crippen LogP contribution >= 0.6 is 11.3 Å². The second-order valence-electron chi connectivity index (χ2n) is 6.03. The van der Waals surface area contributed by atoms with E-state index in [0.29, 0.717) is 22.8 Å². The summed E-state index contributed by atoms with van der Waals surface area (Å²) in [4.78, 5) is 8.82. The van der Waals surface area contributed by atoms with Crippen molar-refractivity contribution in [2.24, 2.45) is 0 Å². The van der Waals surface area contributed by atoms with Crippen LogP contribution in [0.25, 0.3) is 21.5 Å². The molecule has 0 unspecified atom stereocenters. The summed E-state index contributed by atoms with van der Waals surface area (Å²) in [5, 5.41) is 0.907. The minimum Gasteiger partial charge on any atom is -0.497 e. The quantitative estimate of drug-likeness (QED) is 0.521. The third kappa shape index (κ3) is 3.89. The van der Waals surface area contributed by atoms with Gasteiger partial charge in [0.1, 0.15) is 9.96 Å². The van der Waals surface area contributed by atoms with E-state index in [2.05, 4.69) is 14.7 Å². The first-order valence-electron chi connectivity index (χ1n) is 8.50. The average Bonchev–Trinajstić information content (AvgIpc) is 3.18. The molecule has 0 aliphatic heterocycles. The molecule has 6 nitrogen and oxygen atoms in total. The number of aromatic nitrogens is 2. The van der Waals surface area contributed by atoms with Crippen LogP contribution in [0.5, 0.6) is 5.75 Å². The van der Waals surface area contributed by atoms with E-state index < -0.39 is 10.0 Å². The lowest BCUT2D eigenvalue weighted by Crippen LogP contribution is -2.23. The van der Waals surface area contributed by atoms with Crippen molar-refractivity contribution >= 4 is 31.4 Å². The fourth-order valence-electron chi connectivity index (χ4n) is 2.74. The molecule has 0 saturated carbocycles. The van der Waals surface area contributed by atoms with Crippen LogP contribution in [0, 0.1) is 0 Å². The summed E-state index contributed by atoms with van der Waals surface area (Å²) in [5.74, 6) is 0.590. The van der Waals surface area contributed by atoms with Gasteiger partial charge in [-0.2, -0.15) is 0 Å². The molecule has 3 heterocycles. The van der Waals surface area contributed by atoms with Crippen LogP contribution in [0.15, 0.2) is 71.1 Å². The highest BCUT2D eigenvalue weighted by atomic mass is 32.2. The number of sulfonamides is 1. The minimum atomic E-state index is -3.65. The summed E-state index contributed by atoms with van der Waals surface area (Å²) < 4.78 is 34.6. The van der Waals surface area contributed by atoms with Crippen molar-refractivity contribution in [2.75, 3.05) is 7.11 Å². The van der Waals surface area contributed by atoms with E-state index in [1.165, 1.54) is 11.3 Å². The molecule has 142 valence electrons. The topological polar surface area (TPSA) is 81.2 Å². The lowest BCUT2D eigenvalue weighted by Gasteiger charge is -2.09. The van der Waals surface area contributed by atoms with E-state index in [4.69, 9.17) is 4.74 Å². The largest absolute Gasteiger partial charge is 0.497 e. The van der Waals surface area contributed by atoms with Crippen molar-refractivity contribution in [1.29, 1.82) is 0 Å². The summed E-state index contributed by atoms with van der Waals surface area (Å²) in [6.07, 6.45) is 1.68. The van der Waals surface area contributed by atoms with Crippen LogP contribution in [-0.2, 0) is 16.6 Å². The molecule has 3 aromatic heterocycles. The van der Waals surface area contributed by atoms with Crippen LogP contribution in [0.3, 0.4) is 0 Å². The van der Waals surface area contributed by atoms with E-state index >= 15 is 0 Å². The predicted molar refractivity (Wildman–Crippen MR) is 110 cm³/mol. The summed E-state index contributed by atoms with van der Waals surface area (Å²) in [6.45, 7) is 0.0492. The molecule has 0 aliphatic rings. The molecular weight excluding hydrogens is 394 g/mol. The molecule has 0 amide bonds. The van der Waals surface area contributed by atoms with Gasteiger partial charge in [-0.25, -0.2) is 18.1 Å². The second kappa shape index (κ2) is 7.67. The number of thiophene rings is 1. The first-order chi connectivity index (χ1) is 13.5. The standard InChI is InChI=1S/C20H17N3O3S2/c1-26-16-11-15(23-18(12-16)17-7-4-5-9-21-17)13-22-28(24,25)20-10-14-6-2-3-8-19(14)27-20/h2-12,22H,13H2,1H3. The number of fused-ring (bicyclic) bond motifs is 1. The maximum absolute atomic E-state index is 12.7. The summed E-state index contributed by atoms with van der Waals surface area (Å²) in [5.41, 5.74) is 1.86. The summed E-state index contributed by atoms with van der Waals surface area (Å²) >= 11 is 1.24. The predicted octanol–water partition coefficient (Wildman–Crippen LogP) is 3.85. The van der Waals surface area contributed by atoms with Gasteiger partial charge in [-0.05, 0) is 29.7 Å². The Bertz CT molecular complexity index is 1190. The first-order valence-corrected chi connectivity index (χ1v) is 10.8. The number of hydrogen-bond donors (Lipinski definition) is 1. The zero-order valence-corrected chi connectivity index (χ0v) is 16.6. The molecule has 0 fully saturated rings. The highest BCUT2D eigenvalue weighted by molar-refractivity contribution is 7.91. The molecule has 0 atom stereocenters. The number of hydrogen-bond acceptors (Lipinski definition) is 6. The van der Waals surface area contributed by atoms with Gasteiger partial charge in [-0.15, -0.1) is 11.3 Å². The Morgan fingerprint density at radius 2 is 1.86 bits per heavy atom. The highest BCUT2D eigenvalue weighted by Gasteiger charge is 2.18. The Labute approximate surface area is 166 Å². The van der Waals surface area contributed by atoms with Gasteiger partial charge in [0.05, 0.1) is 30.7 Å². The molecular formula is C20H17N3O3S2. The van der Waals surface area contributed by atoms with E-state index in [1.807, 2.05) is 42.5 Å². The molecule has 4 rings (SSSR count). The van der Waals surface area contributed by atoms with Crippen LogP contribution in [0.2, 0.25) is 0 Å². The number of pyridine rings is 2. The lowest BCUT2D eigenvalue weighted by molar-refractivity contribution is 0.413. The van der Waals surface area contributed by atoms with Crippen molar-refractivity contribution in [3.63, 3.8) is 0 Å². The molecule has 0 saturated heterocycles. The van der Waals surface area contributed by atoms with Crippen LogP contribution in [0.1, 0.15) is 5.69 Å². The molecule has 0 spiro atoms. The van der Waals surface area contributed by atoms with Gasteiger partial charge >= 0.3 is 0 Å². The monoisotopic (exact) mass is 411 g/mol. The SMILES string of the molecule is COc1cc(CNS(=O)(=O)c2cc3ccccc3s2)nc(-c2ccccn2)c1. The number of benzene rings is 1. The van der Waals surface area contributed by atoms with Crippen molar-refractivity contribution in [2.45, 2.75) is 10.8 Å². The smallest absolute Gasteiger partial charge is 0.250 e. The fourth-order valence-corrected chi connectivity index (χ4v) is 5.19. The summed E-state index contributed by atoms with van der Waals surface area (Å²) in [6, 6.07) is 18.3. The Balaban J connectivity index is 1.60. The highest BCUT2D eigenvalue weighted by Crippen LogP contribution is 2.29. The third-order valence-corrected chi connectivity index (χ3v) is 7.12. The Morgan fingerprint density at radius 3 is 2.61 bits per heavy atom. The Kier molecular flexibility index (Phi) is 5.08. The Hall–Kier alpha value is -2.81. The summed E-state index contributed by atoms with van der Waals surface area (Å²) in [7, 11) is -2.09. The van der Waals surface area contributed by atoms with E-state index in [9.17, 15) is 8.42 Å². The Morgan fingerprint density at radius 1 is 1.04 bits per heavy atom. The second-order valence-corrected chi connectivity index (χ2v) is 9.10. The zero-order chi connectivity index (χ0) is 19.6. The molecule has 0 radical (unpaired) electrons. The maximum atomic E-state index is 12.7. The molecule has 1 aromatic carbocycles. The minimum absolute atomic E-state index is 0.0492.